The number of furan rings is 1. The Labute approximate surface area is 126 Å². The Morgan fingerprint density at radius 3 is 2.76 bits per heavy atom. The normalized spacial score (nSPS) is 10.5. The van der Waals surface area contributed by atoms with E-state index in [9.17, 15) is 4.79 Å². The van der Waals surface area contributed by atoms with Gasteiger partial charge in [0.25, 0.3) is 5.91 Å². The Bertz CT molecular complexity index is 788. The largest absolute Gasteiger partial charge is 0.467 e. The molecule has 0 aliphatic rings. The number of aromatic nitrogens is 2. The van der Waals surface area contributed by atoms with Gasteiger partial charge in [0.2, 0.25) is 0 Å². The van der Waals surface area contributed by atoms with Crippen LogP contribution in [0.5, 0.6) is 0 Å². The van der Waals surface area contributed by atoms with E-state index in [0.29, 0.717) is 22.8 Å². The molecule has 0 aliphatic heterocycles. The number of hydrogen-bond donors (Lipinski definition) is 2. The van der Waals surface area contributed by atoms with Crippen molar-refractivity contribution in [1.82, 2.24) is 14.9 Å². The monoisotopic (exact) mass is 299 g/mol. The maximum atomic E-state index is 12.3. The molecule has 3 aromatic rings. The predicted molar refractivity (Wildman–Crippen MR) is 80.8 cm³/mol. The van der Waals surface area contributed by atoms with Gasteiger partial charge in [-0.25, -0.2) is 0 Å². The molecule has 1 amide bonds. The maximum Gasteiger partial charge on any atom is 0.270 e. The molecule has 2 heterocycles. The summed E-state index contributed by atoms with van der Waals surface area (Å²) in [4.78, 5) is 15.2. The van der Waals surface area contributed by atoms with Gasteiger partial charge in [0.1, 0.15) is 11.5 Å². The second-order valence-electron chi connectivity index (χ2n) is 4.41. The molecule has 0 spiro atoms. The number of H-pyrrole nitrogens is 1. The maximum absolute atomic E-state index is 12.3. The van der Waals surface area contributed by atoms with Crippen molar-refractivity contribution < 1.29 is 9.21 Å². The highest BCUT2D eigenvalue weighted by Crippen LogP contribution is 2.12. The summed E-state index contributed by atoms with van der Waals surface area (Å²) in [6.45, 7) is 0.332. The molecule has 0 saturated carbocycles. The number of nitrogens with zero attached hydrogens (tertiary/aromatic N) is 1. The Balaban J connectivity index is 1.86. The van der Waals surface area contributed by atoms with E-state index in [0.717, 1.165) is 5.69 Å². The van der Waals surface area contributed by atoms with Gasteiger partial charge in [-0.15, -0.1) is 0 Å². The fourth-order valence-electron chi connectivity index (χ4n) is 2.04. The molecule has 0 saturated heterocycles. The van der Waals surface area contributed by atoms with Crippen LogP contribution in [0.3, 0.4) is 0 Å². The first-order chi connectivity index (χ1) is 10.3. The third-order valence-corrected chi connectivity index (χ3v) is 3.33. The molecule has 0 fully saturated rings. The molecule has 6 heteroatoms. The molecule has 2 aromatic heterocycles. The highest BCUT2D eigenvalue weighted by Gasteiger charge is 2.14. The van der Waals surface area contributed by atoms with Crippen LogP contribution in [-0.4, -0.2) is 15.5 Å². The van der Waals surface area contributed by atoms with Crippen LogP contribution in [-0.2, 0) is 6.54 Å². The Kier molecular flexibility index (Phi) is 3.70. The van der Waals surface area contributed by atoms with Crippen LogP contribution in [0.4, 0.5) is 0 Å². The zero-order valence-corrected chi connectivity index (χ0v) is 11.9. The molecule has 0 unspecified atom stereocenters. The van der Waals surface area contributed by atoms with E-state index in [1.54, 1.807) is 29.2 Å². The highest BCUT2D eigenvalue weighted by molar-refractivity contribution is 7.71. The molecule has 106 valence electrons. The second-order valence-corrected chi connectivity index (χ2v) is 4.80. The average Bonchev–Trinajstić information content (AvgIpc) is 3.15. The quantitative estimate of drug-likeness (QED) is 0.728. The predicted octanol–water partition coefficient (Wildman–Crippen LogP) is 3.06. The van der Waals surface area contributed by atoms with Gasteiger partial charge in [-0.1, -0.05) is 18.2 Å². The van der Waals surface area contributed by atoms with Crippen molar-refractivity contribution in [3.63, 3.8) is 0 Å². The molecule has 3 rings (SSSR count). The van der Waals surface area contributed by atoms with E-state index in [2.05, 4.69) is 10.3 Å². The Hall–Kier alpha value is -2.60. The number of imidazole rings is 1. The number of nitrogens with one attached hydrogen (secondary N) is 2. The third kappa shape index (κ3) is 2.80. The number of amides is 1. The van der Waals surface area contributed by atoms with Crippen LogP contribution in [0, 0.1) is 4.77 Å². The standard InChI is InChI=1S/C15H13N3O2S/c19-14(16-9-12-7-4-8-20-12)13-10-17-15(21)18(13)11-5-2-1-3-6-11/h1-8,10H,9H2,(H,16,19)(H,17,21). The van der Waals surface area contributed by atoms with Crippen molar-refractivity contribution in [3.8, 4) is 5.69 Å². The topological polar surface area (TPSA) is 63.0 Å². The van der Waals surface area contributed by atoms with Crippen LogP contribution in [0.2, 0.25) is 0 Å². The van der Waals surface area contributed by atoms with Crippen LogP contribution < -0.4 is 5.32 Å². The summed E-state index contributed by atoms with van der Waals surface area (Å²) < 4.78 is 7.37. The molecule has 0 aliphatic carbocycles. The van der Waals surface area contributed by atoms with Gasteiger partial charge in [-0.05, 0) is 36.5 Å². The van der Waals surface area contributed by atoms with Crippen molar-refractivity contribution in [2.24, 2.45) is 0 Å². The molecule has 5 nitrogen and oxygen atoms in total. The van der Waals surface area contributed by atoms with E-state index in [-0.39, 0.29) is 5.91 Å². The van der Waals surface area contributed by atoms with Gasteiger partial charge in [-0.3, -0.25) is 9.36 Å². The summed E-state index contributed by atoms with van der Waals surface area (Å²) in [6.07, 6.45) is 3.18. The van der Waals surface area contributed by atoms with Gasteiger partial charge >= 0.3 is 0 Å². The smallest absolute Gasteiger partial charge is 0.270 e. The number of hydrogen-bond acceptors (Lipinski definition) is 3. The van der Waals surface area contributed by atoms with Gasteiger partial charge in [0.05, 0.1) is 12.8 Å². The fraction of sp³-hybridized carbons (Fsp3) is 0.0667. The molecule has 0 radical (unpaired) electrons. The molecule has 2 N–H and O–H groups in total. The number of carbonyl (C=O) groups is 1. The van der Waals surface area contributed by atoms with E-state index >= 15 is 0 Å². The Morgan fingerprint density at radius 1 is 1.24 bits per heavy atom. The lowest BCUT2D eigenvalue weighted by Crippen LogP contribution is -2.25. The minimum atomic E-state index is -0.220. The van der Waals surface area contributed by atoms with Gasteiger partial charge in [0.15, 0.2) is 4.77 Å². The van der Waals surface area contributed by atoms with Gasteiger partial charge < -0.3 is 14.7 Å². The van der Waals surface area contributed by atoms with Crippen molar-refractivity contribution in [2.75, 3.05) is 0 Å². The molecule has 1 aromatic carbocycles. The average molecular weight is 299 g/mol. The SMILES string of the molecule is O=C(NCc1ccco1)c1c[nH]c(=S)n1-c1ccccc1. The lowest BCUT2D eigenvalue weighted by Gasteiger charge is -2.08. The summed E-state index contributed by atoms with van der Waals surface area (Å²) in [5, 5.41) is 2.81. The summed E-state index contributed by atoms with van der Waals surface area (Å²) in [5.74, 6) is 0.478. The highest BCUT2D eigenvalue weighted by atomic mass is 32.1. The van der Waals surface area contributed by atoms with Crippen molar-refractivity contribution in [1.29, 1.82) is 0 Å². The van der Waals surface area contributed by atoms with Crippen molar-refractivity contribution in [2.45, 2.75) is 6.54 Å². The van der Waals surface area contributed by atoms with E-state index in [4.69, 9.17) is 16.6 Å². The lowest BCUT2D eigenvalue weighted by molar-refractivity contribution is 0.0941. The third-order valence-electron chi connectivity index (χ3n) is 3.03. The first-order valence-electron chi connectivity index (χ1n) is 6.42. The van der Waals surface area contributed by atoms with Crippen LogP contribution in [0.1, 0.15) is 16.2 Å². The number of rotatable bonds is 4. The lowest BCUT2D eigenvalue weighted by atomic mass is 10.3. The zero-order chi connectivity index (χ0) is 14.7. The first kappa shape index (κ1) is 13.4. The zero-order valence-electron chi connectivity index (χ0n) is 11.1. The molecular weight excluding hydrogens is 286 g/mol. The molecule has 21 heavy (non-hydrogen) atoms. The second kappa shape index (κ2) is 5.80. The van der Waals surface area contributed by atoms with Crippen LogP contribution in [0.15, 0.2) is 59.3 Å². The summed E-state index contributed by atoms with van der Waals surface area (Å²) in [7, 11) is 0. The fourth-order valence-corrected chi connectivity index (χ4v) is 2.30. The van der Waals surface area contributed by atoms with E-state index in [1.807, 2.05) is 30.3 Å². The van der Waals surface area contributed by atoms with E-state index < -0.39 is 0 Å². The number of para-hydroxylation sites is 1. The van der Waals surface area contributed by atoms with Crippen LogP contribution >= 0.6 is 12.2 Å². The molecular formula is C15H13N3O2S. The minimum absolute atomic E-state index is 0.220. The summed E-state index contributed by atoms with van der Waals surface area (Å²) in [6, 6.07) is 13.1. The van der Waals surface area contributed by atoms with Crippen molar-refractivity contribution in [3.05, 3.63) is 71.1 Å². The first-order valence-corrected chi connectivity index (χ1v) is 6.83. The summed E-state index contributed by atoms with van der Waals surface area (Å²) in [5.41, 5.74) is 1.30. The number of aromatic amines is 1. The van der Waals surface area contributed by atoms with Gasteiger partial charge in [0, 0.05) is 11.9 Å². The summed E-state index contributed by atoms with van der Waals surface area (Å²) >= 11 is 5.25. The van der Waals surface area contributed by atoms with Crippen molar-refractivity contribution >= 4 is 18.1 Å². The molecule has 0 bridgehead atoms. The van der Waals surface area contributed by atoms with E-state index in [1.165, 1.54) is 0 Å². The van der Waals surface area contributed by atoms with Crippen LogP contribution in [0.25, 0.3) is 5.69 Å². The van der Waals surface area contributed by atoms with Gasteiger partial charge in [-0.2, -0.15) is 0 Å². The number of carbonyl (C=O) groups excluding carboxylic acids is 1. The molecule has 0 atom stereocenters. The number of benzene rings is 1. The Morgan fingerprint density at radius 2 is 2.05 bits per heavy atom. The minimum Gasteiger partial charge on any atom is -0.467 e.